The van der Waals surface area contributed by atoms with E-state index in [2.05, 4.69) is 11.0 Å². The number of rotatable bonds is 1. The number of ketones is 1. The highest BCUT2D eigenvalue weighted by Crippen LogP contribution is 2.44. The fourth-order valence-electron chi connectivity index (χ4n) is 3.96. The van der Waals surface area contributed by atoms with Gasteiger partial charge in [-0.05, 0) is 56.2 Å². The van der Waals surface area contributed by atoms with E-state index in [1.807, 2.05) is 0 Å². The van der Waals surface area contributed by atoms with Gasteiger partial charge in [0.2, 0.25) is 0 Å². The standard InChI is InChI=1S/C17H19NO3/c1-10(19)14-9-12-8-11-4-2-6-18-7-3-5-13(15(11)18)16(12)21-17(14)20/h8,14H,2-7,9H2,1H3. The van der Waals surface area contributed by atoms with Crippen molar-refractivity contribution in [3.05, 3.63) is 22.8 Å². The normalized spacial score (nSPS) is 23.2. The topological polar surface area (TPSA) is 46.6 Å². The Balaban J connectivity index is 1.86. The van der Waals surface area contributed by atoms with E-state index in [-0.39, 0.29) is 11.8 Å². The molecule has 3 aliphatic heterocycles. The van der Waals surface area contributed by atoms with Crippen LogP contribution < -0.4 is 9.64 Å². The number of carbonyl (C=O) groups is 2. The molecule has 1 atom stereocenters. The van der Waals surface area contributed by atoms with Crippen LogP contribution in [0.5, 0.6) is 5.75 Å². The van der Waals surface area contributed by atoms with E-state index in [1.54, 1.807) is 0 Å². The number of fused-ring (bicyclic) bond motifs is 2. The Morgan fingerprint density at radius 2 is 2.00 bits per heavy atom. The van der Waals surface area contributed by atoms with Gasteiger partial charge >= 0.3 is 5.97 Å². The van der Waals surface area contributed by atoms with Gasteiger partial charge in [-0.1, -0.05) is 0 Å². The molecule has 0 saturated carbocycles. The number of anilines is 1. The fraction of sp³-hybridized carbons (Fsp3) is 0.529. The lowest BCUT2D eigenvalue weighted by molar-refractivity contribution is -0.144. The summed E-state index contributed by atoms with van der Waals surface area (Å²) < 4.78 is 5.59. The summed E-state index contributed by atoms with van der Waals surface area (Å²) in [5.74, 6) is -0.341. The summed E-state index contributed by atoms with van der Waals surface area (Å²) in [5, 5.41) is 0. The van der Waals surface area contributed by atoms with Gasteiger partial charge in [0.1, 0.15) is 17.5 Å². The molecule has 4 nitrogen and oxygen atoms in total. The Bertz CT molecular complexity index is 648. The average Bonchev–Trinajstić information content (AvgIpc) is 2.48. The van der Waals surface area contributed by atoms with Gasteiger partial charge in [-0.2, -0.15) is 0 Å². The molecule has 4 heteroatoms. The molecule has 1 aromatic carbocycles. The molecule has 0 radical (unpaired) electrons. The van der Waals surface area contributed by atoms with Crippen LogP contribution in [0.1, 0.15) is 36.5 Å². The largest absolute Gasteiger partial charge is 0.425 e. The molecule has 1 unspecified atom stereocenters. The molecule has 0 N–H and O–H groups in total. The van der Waals surface area contributed by atoms with Crippen LogP contribution in [0.4, 0.5) is 5.69 Å². The summed E-state index contributed by atoms with van der Waals surface area (Å²) in [6.07, 6.45) is 4.85. The van der Waals surface area contributed by atoms with Gasteiger partial charge in [-0.15, -0.1) is 0 Å². The summed E-state index contributed by atoms with van der Waals surface area (Å²) in [6.45, 7) is 3.67. The van der Waals surface area contributed by atoms with Crippen LogP contribution in [0.25, 0.3) is 0 Å². The van der Waals surface area contributed by atoms with Crippen molar-refractivity contribution in [2.24, 2.45) is 5.92 Å². The number of Topliss-reactive ketones (excluding diaryl/α,β-unsaturated/α-hetero) is 1. The van der Waals surface area contributed by atoms with Crippen molar-refractivity contribution < 1.29 is 14.3 Å². The second kappa shape index (κ2) is 4.58. The Labute approximate surface area is 124 Å². The van der Waals surface area contributed by atoms with Gasteiger partial charge in [0.25, 0.3) is 0 Å². The van der Waals surface area contributed by atoms with Crippen LogP contribution in [0.3, 0.4) is 0 Å². The molecule has 0 saturated heterocycles. The first-order chi connectivity index (χ1) is 10.1. The van der Waals surface area contributed by atoms with Crippen LogP contribution in [-0.4, -0.2) is 24.8 Å². The van der Waals surface area contributed by atoms with Crippen molar-refractivity contribution >= 4 is 17.4 Å². The van der Waals surface area contributed by atoms with Gasteiger partial charge in [0, 0.05) is 24.3 Å². The number of hydrogen-bond acceptors (Lipinski definition) is 4. The second-order valence-electron chi connectivity index (χ2n) is 6.33. The van der Waals surface area contributed by atoms with Gasteiger partial charge in [-0.25, -0.2) is 0 Å². The Kier molecular flexibility index (Phi) is 2.81. The third-order valence-corrected chi connectivity index (χ3v) is 4.95. The molecule has 0 spiro atoms. The number of benzene rings is 1. The predicted octanol–water partition coefficient (Wildman–Crippen LogP) is 2.05. The average molecular weight is 285 g/mol. The van der Waals surface area contributed by atoms with Gasteiger partial charge in [-0.3, -0.25) is 9.59 Å². The molecule has 0 amide bonds. The molecule has 21 heavy (non-hydrogen) atoms. The van der Waals surface area contributed by atoms with E-state index in [1.165, 1.54) is 30.2 Å². The number of esters is 1. The molecule has 0 aliphatic carbocycles. The predicted molar refractivity (Wildman–Crippen MR) is 78.8 cm³/mol. The highest BCUT2D eigenvalue weighted by molar-refractivity contribution is 6.00. The van der Waals surface area contributed by atoms with E-state index >= 15 is 0 Å². The lowest BCUT2D eigenvalue weighted by atomic mass is 9.84. The first-order valence-electron chi connectivity index (χ1n) is 7.80. The molecule has 0 aromatic heterocycles. The van der Waals surface area contributed by atoms with Gasteiger partial charge in [0.15, 0.2) is 0 Å². The molecular weight excluding hydrogens is 266 g/mol. The number of aryl methyl sites for hydroxylation is 1. The third-order valence-electron chi connectivity index (χ3n) is 4.95. The zero-order valence-corrected chi connectivity index (χ0v) is 12.3. The molecule has 1 aromatic rings. The van der Waals surface area contributed by atoms with Crippen molar-refractivity contribution in [2.45, 2.75) is 39.0 Å². The summed E-state index contributed by atoms with van der Waals surface area (Å²) in [4.78, 5) is 26.1. The molecule has 3 aliphatic rings. The van der Waals surface area contributed by atoms with E-state index < -0.39 is 5.92 Å². The van der Waals surface area contributed by atoms with Crippen molar-refractivity contribution in [1.82, 2.24) is 0 Å². The number of hydrogen-bond donors (Lipinski definition) is 0. The lowest BCUT2D eigenvalue weighted by Crippen LogP contribution is -2.37. The van der Waals surface area contributed by atoms with Gasteiger partial charge in [0.05, 0.1) is 0 Å². The smallest absolute Gasteiger partial charge is 0.322 e. The van der Waals surface area contributed by atoms with Crippen molar-refractivity contribution in [3.63, 3.8) is 0 Å². The van der Waals surface area contributed by atoms with Crippen molar-refractivity contribution in [3.8, 4) is 5.75 Å². The maximum absolute atomic E-state index is 12.1. The summed E-state index contributed by atoms with van der Waals surface area (Å²) in [7, 11) is 0. The number of ether oxygens (including phenoxy) is 1. The zero-order chi connectivity index (χ0) is 14.6. The van der Waals surface area contributed by atoms with Crippen molar-refractivity contribution in [1.29, 1.82) is 0 Å². The van der Waals surface area contributed by atoms with Gasteiger partial charge < -0.3 is 9.64 Å². The van der Waals surface area contributed by atoms with E-state index in [4.69, 9.17) is 4.74 Å². The summed E-state index contributed by atoms with van der Waals surface area (Å²) in [5.41, 5.74) is 4.92. The Morgan fingerprint density at radius 3 is 2.76 bits per heavy atom. The minimum Gasteiger partial charge on any atom is -0.425 e. The highest BCUT2D eigenvalue weighted by Gasteiger charge is 2.36. The Morgan fingerprint density at radius 1 is 1.24 bits per heavy atom. The summed E-state index contributed by atoms with van der Waals surface area (Å²) in [6, 6.07) is 2.17. The molecule has 3 heterocycles. The summed E-state index contributed by atoms with van der Waals surface area (Å²) >= 11 is 0. The zero-order valence-electron chi connectivity index (χ0n) is 12.3. The van der Waals surface area contributed by atoms with Crippen LogP contribution in [0.2, 0.25) is 0 Å². The molecule has 4 rings (SSSR count). The lowest BCUT2D eigenvalue weighted by Gasteiger charge is -2.39. The molecule has 0 fully saturated rings. The Hall–Kier alpha value is -1.84. The minimum atomic E-state index is -0.619. The highest BCUT2D eigenvalue weighted by atomic mass is 16.5. The maximum atomic E-state index is 12.1. The van der Waals surface area contributed by atoms with E-state index in [0.29, 0.717) is 6.42 Å². The number of nitrogens with zero attached hydrogens (tertiary/aromatic N) is 1. The fourth-order valence-corrected chi connectivity index (χ4v) is 3.96. The van der Waals surface area contributed by atoms with Crippen LogP contribution in [0.15, 0.2) is 6.07 Å². The van der Waals surface area contributed by atoms with Crippen LogP contribution in [0, 0.1) is 5.92 Å². The minimum absolute atomic E-state index is 0.0985. The molecular formula is C17H19NO3. The van der Waals surface area contributed by atoms with E-state index in [9.17, 15) is 9.59 Å². The third kappa shape index (κ3) is 1.88. The van der Waals surface area contributed by atoms with Crippen LogP contribution in [-0.2, 0) is 28.9 Å². The second-order valence-corrected chi connectivity index (χ2v) is 6.33. The SMILES string of the molecule is CC(=O)C1Cc2cc3c4c(c2OC1=O)CCCN4CCC3. The van der Waals surface area contributed by atoms with Crippen molar-refractivity contribution in [2.75, 3.05) is 18.0 Å². The first-order valence-corrected chi connectivity index (χ1v) is 7.80. The number of carbonyl (C=O) groups excluding carboxylic acids is 2. The first kappa shape index (κ1) is 12.9. The monoisotopic (exact) mass is 285 g/mol. The quantitative estimate of drug-likeness (QED) is 0.450. The molecule has 110 valence electrons. The molecule has 0 bridgehead atoms. The van der Waals surface area contributed by atoms with E-state index in [0.717, 1.165) is 43.7 Å². The maximum Gasteiger partial charge on any atom is 0.322 e. The van der Waals surface area contributed by atoms with Crippen LogP contribution >= 0.6 is 0 Å².